The largest absolute Gasteiger partial charge is 0.481 e. The molecule has 11 nitrogen and oxygen atoms in total. The number of benzene rings is 3. The summed E-state index contributed by atoms with van der Waals surface area (Å²) in [7, 11) is 1.42. The number of methoxy groups -OCH3 is 1. The number of hydrogen-bond acceptors (Lipinski definition) is 10. The van der Waals surface area contributed by atoms with Crippen molar-refractivity contribution in [3.63, 3.8) is 0 Å². The number of aromatic nitrogens is 2. The molecule has 4 atom stereocenters. The van der Waals surface area contributed by atoms with Gasteiger partial charge in [0.25, 0.3) is 0 Å². The van der Waals surface area contributed by atoms with E-state index < -0.39 is 48.1 Å². The first kappa shape index (κ1) is 32.1. The summed E-state index contributed by atoms with van der Waals surface area (Å²) >= 11 is 0. The van der Waals surface area contributed by atoms with Crippen molar-refractivity contribution in [2.24, 2.45) is 0 Å². The first-order valence-corrected chi connectivity index (χ1v) is 14.9. The van der Waals surface area contributed by atoms with E-state index >= 15 is 0 Å². The van der Waals surface area contributed by atoms with Crippen molar-refractivity contribution in [3.05, 3.63) is 130 Å². The van der Waals surface area contributed by atoms with Crippen LogP contribution in [-0.2, 0) is 25.4 Å². The van der Waals surface area contributed by atoms with Gasteiger partial charge < -0.3 is 23.7 Å². The molecule has 0 N–H and O–H groups in total. The molecule has 4 aromatic rings. The maximum Gasteiger partial charge on any atom is 0.353 e. The Kier molecular flexibility index (Phi) is 10.6. The van der Waals surface area contributed by atoms with Crippen molar-refractivity contribution in [2.75, 3.05) is 13.7 Å². The molecule has 0 aliphatic carbocycles. The van der Waals surface area contributed by atoms with Gasteiger partial charge >= 0.3 is 23.6 Å². The van der Waals surface area contributed by atoms with Gasteiger partial charge in [0.1, 0.15) is 12.7 Å². The normalized spacial score (nSPS) is 18.8. The molecule has 2 heterocycles. The van der Waals surface area contributed by atoms with E-state index in [1.54, 1.807) is 97.2 Å². The second-order valence-corrected chi connectivity index (χ2v) is 10.6. The van der Waals surface area contributed by atoms with Crippen LogP contribution in [0.25, 0.3) is 0 Å². The molecule has 0 unspecified atom stereocenters. The van der Waals surface area contributed by atoms with Crippen LogP contribution >= 0.6 is 0 Å². The standard InChI is InChI=1S/C35H34N2O9/c1-3-4-14-26-21-37(35(41)36-30(26)42-2)31-29(46-34(40)25-19-12-7-13-20-25)28(45-33(39)24-17-10-6-11-18-24)27(44-31)22-43-32(38)23-15-8-5-9-16-23/h5-13,15-21,27-29,31H,3-4,14,22H2,1-2H3/t27-,28-,29-,31-/m1/s1. The molecule has 3 aromatic carbocycles. The SMILES string of the molecule is CCCCc1cn([C@@H]2O[C@H](COC(=O)c3ccccc3)[C@@H](OC(=O)c3ccccc3)[C@H]2OC(=O)c2ccccc2)c(=O)nc1OC. The Hall–Kier alpha value is -5.29. The quantitative estimate of drug-likeness (QED) is 0.160. The summed E-state index contributed by atoms with van der Waals surface area (Å²) in [5.41, 5.74) is 0.676. The zero-order valence-corrected chi connectivity index (χ0v) is 25.4. The number of carbonyl (C=O) groups is 3. The van der Waals surface area contributed by atoms with E-state index in [9.17, 15) is 19.2 Å². The number of esters is 3. The average Bonchev–Trinajstić information content (AvgIpc) is 3.43. The van der Waals surface area contributed by atoms with Crippen LogP contribution in [0, 0.1) is 0 Å². The molecule has 0 bridgehead atoms. The van der Waals surface area contributed by atoms with Crippen molar-refractivity contribution in [2.45, 2.75) is 50.7 Å². The number of carbonyl (C=O) groups excluding carboxylic acids is 3. The lowest BCUT2D eigenvalue weighted by Crippen LogP contribution is -2.42. The summed E-state index contributed by atoms with van der Waals surface area (Å²) in [6, 6.07) is 24.8. The highest BCUT2D eigenvalue weighted by molar-refractivity contribution is 5.91. The first-order chi connectivity index (χ1) is 22.4. The Balaban J connectivity index is 1.54. The van der Waals surface area contributed by atoms with Gasteiger partial charge in [0.05, 0.1) is 23.8 Å². The van der Waals surface area contributed by atoms with Crippen LogP contribution < -0.4 is 10.4 Å². The second-order valence-electron chi connectivity index (χ2n) is 10.6. The molecule has 1 saturated heterocycles. The highest BCUT2D eigenvalue weighted by Gasteiger charge is 2.52. The molecule has 0 spiro atoms. The zero-order valence-electron chi connectivity index (χ0n) is 25.4. The van der Waals surface area contributed by atoms with Gasteiger partial charge in [-0.2, -0.15) is 4.98 Å². The summed E-state index contributed by atoms with van der Waals surface area (Å²) in [5, 5.41) is 0. The van der Waals surface area contributed by atoms with Gasteiger partial charge in [-0.25, -0.2) is 19.2 Å². The van der Waals surface area contributed by atoms with Crippen LogP contribution in [0.2, 0.25) is 0 Å². The van der Waals surface area contributed by atoms with Crippen molar-refractivity contribution in [1.82, 2.24) is 9.55 Å². The van der Waals surface area contributed by atoms with E-state index in [4.69, 9.17) is 23.7 Å². The molecule has 0 saturated carbocycles. The summed E-state index contributed by atoms with van der Waals surface area (Å²) in [4.78, 5) is 57.1. The minimum atomic E-state index is -1.34. The van der Waals surface area contributed by atoms with Crippen LogP contribution in [0.1, 0.15) is 62.6 Å². The Bertz CT molecular complexity index is 1690. The van der Waals surface area contributed by atoms with Gasteiger partial charge in [-0.1, -0.05) is 67.9 Å². The van der Waals surface area contributed by atoms with Crippen LogP contribution in [0.3, 0.4) is 0 Å². The molecule has 0 amide bonds. The molecule has 0 radical (unpaired) electrons. The Morgan fingerprint density at radius 1 is 0.783 bits per heavy atom. The molecular formula is C35H34N2O9. The molecule has 238 valence electrons. The van der Waals surface area contributed by atoms with Crippen LogP contribution in [0.15, 0.2) is 102 Å². The predicted molar refractivity (Wildman–Crippen MR) is 166 cm³/mol. The monoisotopic (exact) mass is 626 g/mol. The van der Waals surface area contributed by atoms with Crippen molar-refractivity contribution in [1.29, 1.82) is 0 Å². The van der Waals surface area contributed by atoms with Crippen LogP contribution in [-0.4, -0.2) is 59.5 Å². The maximum atomic E-state index is 13.4. The lowest BCUT2D eigenvalue weighted by molar-refractivity contribution is -0.0641. The fraction of sp³-hybridized carbons (Fsp3) is 0.286. The molecular weight excluding hydrogens is 592 g/mol. The molecule has 11 heteroatoms. The van der Waals surface area contributed by atoms with Crippen molar-refractivity contribution < 1.29 is 38.1 Å². The Morgan fingerprint density at radius 2 is 1.30 bits per heavy atom. The fourth-order valence-corrected chi connectivity index (χ4v) is 5.07. The lowest BCUT2D eigenvalue weighted by Gasteiger charge is -2.25. The maximum absolute atomic E-state index is 13.4. The summed E-state index contributed by atoms with van der Waals surface area (Å²) in [6.07, 6.45) is -1.28. The van der Waals surface area contributed by atoms with Gasteiger partial charge in [-0.15, -0.1) is 0 Å². The molecule has 5 rings (SSSR count). The second kappa shape index (κ2) is 15.1. The van der Waals surface area contributed by atoms with E-state index in [1.807, 2.05) is 6.92 Å². The minimum absolute atomic E-state index is 0.172. The van der Waals surface area contributed by atoms with Gasteiger partial charge in [0, 0.05) is 11.8 Å². The Morgan fingerprint density at radius 3 is 1.83 bits per heavy atom. The number of nitrogens with zero attached hydrogens (tertiary/aromatic N) is 2. The van der Waals surface area contributed by atoms with Crippen molar-refractivity contribution >= 4 is 17.9 Å². The first-order valence-electron chi connectivity index (χ1n) is 14.9. The number of rotatable bonds is 12. The molecule has 1 aromatic heterocycles. The molecule has 1 aliphatic heterocycles. The summed E-state index contributed by atoms with van der Waals surface area (Å²) in [6.45, 7) is 1.65. The molecule has 46 heavy (non-hydrogen) atoms. The molecule has 1 fully saturated rings. The van der Waals surface area contributed by atoms with E-state index in [-0.39, 0.29) is 23.6 Å². The van der Waals surface area contributed by atoms with Crippen molar-refractivity contribution in [3.8, 4) is 5.88 Å². The minimum Gasteiger partial charge on any atom is -0.481 e. The molecule has 1 aliphatic rings. The number of unbranched alkanes of at least 4 members (excludes halogenated alkanes) is 1. The third-order valence-electron chi connectivity index (χ3n) is 7.43. The topological polar surface area (TPSA) is 132 Å². The van der Waals surface area contributed by atoms with Gasteiger partial charge in [-0.3, -0.25) is 4.57 Å². The summed E-state index contributed by atoms with van der Waals surface area (Å²) < 4.78 is 30.3. The van der Waals surface area contributed by atoms with E-state index in [1.165, 1.54) is 11.7 Å². The Labute approximate surface area is 265 Å². The van der Waals surface area contributed by atoms with E-state index in [2.05, 4.69) is 4.98 Å². The van der Waals surface area contributed by atoms with Crippen LogP contribution in [0.4, 0.5) is 0 Å². The van der Waals surface area contributed by atoms with E-state index in [0.29, 0.717) is 17.5 Å². The zero-order chi connectivity index (χ0) is 32.5. The van der Waals surface area contributed by atoms with Gasteiger partial charge in [0.15, 0.2) is 18.4 Å². The number of aryl methyl sites for hydroxylation is 1. The van der Waals surface area contributed by atoms with Crippen LogP contribution in [0.5, 0.6) is 5.88 Å². The highest BCUT2D eigenvalue weighted by Crippen LogP contribution is 2.35. The van der Waals surface area contributed by atoms with Gasteiger partial charge in [-0.05, 0) is 49.2 Å². The average molecular weight is 627 g/mol. The third kappa shape index (κ3) is 7.49. The summed E-state index contributed by atoms with van der Waals surface area (Å²) in [5.74, 6) is -1.92. The fourth-order valence-electron chi connectivity index (χ4n) is 5.07. The van der Waals surface area contributed by atoms with Gasteiger partial charge in [0.2, 0.25) is 5.88 Å². The van der Waals surface area contributed by atoms with E-state index in [0.717, 1.165) is 12.8 Å². The third-order valence-corrected chi connectivity index (χ3v) is 7.43. The lowest BCUT2D eigenvalue weighted by atomic mass is 10.1. The highest BCUT2D eigenvalue weighted by atomic mass is 16.7. The number of ether oxygens (including phenoxy) is 5. The smallest absolute Gasteiger partial charge is 0.353 e. The number of hydrogen-bond donors (Lipinski definition) is 0. The predicted octanol–water partition coefficient (Wildman–Crippen LogP) is 4.80.